The summed E-state index contributed by atoms with van der Waals surface area (Å²) in [6.45, 7) is 5.01. The van der Waals surface area contributed by atoms with Crippen LogP contribution in [0, 0.1) is 13.8 Å². The first kappa shape index (κ1) is 16.0. The Hall–Kier alpha value is -2.33. The van der Waals surface area contributed by atoms with Crippen molar-refractivity contribution < 1.29 is 9.53 Å². The highest BCUT2D eigenvalue weighted by molar-refractivity contribution is 5.92. The molecule has 22 heavy (non-hydrogen) atoms. The molecule has 2 aromatic carbocycles. The summed E-state index contributed by atoms with van der Waals surface area (Å²) in [5.74, 6) is 0.785. The second kappa shape index (κ2) is 7.61. The number of anilines is 1. The standard InChI is InChI=1S/C18H22N2O2/c1-13-4-7-16(10-14(13)2)20-18(21)12-19-11-15-5-8-17(22-3)9-6-15/h4-10,19H,11-12H2,1-3H3,(H,20,21). The summed E-state index contributed by atoms with van der Waals surface area (Å²) in [5, 5.41) is 6.03. The molecule has 1 amide bonds. The van der Waals surface area contributed by atoms with E-state index >= 15 is 0 Å². The molecule has 0 aliphatic rings. The minimum Gasteiger partial charge on any atom is -0.497 e. The molecule has 0 saturated heterocycles. The van der Waals surface area contributed by atoms with Gasteiger partial charge < -0.3 is 15.4 Å². The molecule has 0 unspecified atom stereocenters. The van der Waals surface area contributed by atoms with E-state index in [4.69, 9.17) is 4.74 Å². The van der Waals surface area contributed by atoms with Crippen LogP contribution in [0.1, 0.15) is 16.7 Å². The van der Waals surface area contributed by atoms with Gasteiger partial charge in [-0.05, 0) is 54.8 Å². The van der Waals surface area contributed by atoms with Crippen molar-refractivity contribution >= 4 is 11.6 Å². The molecule has 2 rings (SSSR count). The predicted molar refractivity (Wildman–Crippen MR) is 89.2 cm³/mol. The van der Waals surface area contributed by atoms with Crippen LogP contribution >= 0.6 is 0 Å². The summed E-state index contributed by atoms with van der Waals surface area (Å²) in [4.78, 5) is 11.9. The van der Waals surface area contributed by atoms with Crippen LogP contribution < -0.4 is 15.4 Å². The van der Waals surface area contributed by atoms with Crippen LogP contribution in [0.15, 0.2) is 42.5 Å². The number of carbonyl (C=O) groups is 1. The first-order valence-electron chi connectivity index (χ1n) is 7.29. The van der Waals surface area contributed by atoms with Crippen molar-refractivity contribution in [3.63, 3.8) is 0 Å². The number of methoxy groups -OCH3 is 1. The monoisotopic (exact) mass is 298 g/mol. The maximum atomic E-state index is 11.9. The van der Waals surface area contributed by atoms with Gasteiger partial charge in [0.15, 0.2) is 0 Å². The average molecular weight is 298 g/mol. The van der Waals surface area contributed by atoms with Crippen LogP contribution in [0.25, 0.3) is 0 Å². The number of carbonyl (C=O) groups excluding carboxylic acids is 1. The van der Waals surface area contributed by atoms with Gasteiger partial charge in [-0.25, -0.2) is 0 Å². The molecule has 0 aromatic heterocycles. The Balaban J connectivity index is 1.78. The summed E-state index contributed by atoms with van der Waals surface area (Å²) in [6, 6.07) is 13.7. The van der Waals surface area contributed by atoms with E-state index in [0.29, 0.717) is 6.54 Å². The summed E-state index contributed by atoms with van der Waals surface area (Å²) in [5.41, 5.74) is 4.33. The lowest BCUT2D eigenvalue weighted by molar-refractivity contribution is -0.115. The summed E-state index contributed by atoms with van der Waals surface area (Å²) in [7, 11) is 1.64. The molecule has 0 atom stereocenters. The molecule has 2 N–H and O–H groups in total. The van der Waals surface area contributed by atoms with Crippen molar-refractivity contribution in [2.45, 2.75) is 20.4 Å². The van der Waals surface area contributed by atoms with E-state index in [1.165, 1.54) is 11.1 Å². The van der Waals surface area contributed by atoms with Gasteiger partial charge in [0, 0.05) is 12.2 Å². The van der Waals surface area contributed by atoms with Crippen molar-refractivity contribution in [1.82, 2.24) is 5.32 Å². The van der Waals surface area contributed by atoms with E-state index < -0.39 is 0 Å². The Bertz CT molecular complexity index is 636. The maximum Gasteiger partial charge on any atom is 0.238 e. The third-order valence-electron chi connectivity index (χ3n) is 3.56. The molecule has 0 bridgehead atoms. The number of hydrogen-bond acceptors (Lipinski definition) is 3. The second-order valence-corrected chi connectivity index (χ2v) is 5.30. The van der Waals surface area contributed by atoms with Crippen molar-refractivity contribution in [1.29, 1.82) is 0 Å². The molecular formula is C18H22N2O2. The summed E-state index contributed by atoms with van der Waals surface area (Å²) in [6.07, 6.45) is 0. The maximum absolute atomic E-state index is 11.9. The molecular weight excluding hydrogens is 276 g/mol. The van der Waals surface area contributed by atoms with Crippen LogP contribution in [0.5, 0.6) is 5.75 Å². The number of rotatable bonds is 6. The van der Waals surface area contributed by atoms with E-state index in [2.05, 4.69) is 17.6 Å². The molecule has 0 aliphatic heterocycles. The fourth-order valence-corrected chi connectivity index (χ4v) is 2.09. The van der Waals surface area contributed by atoms with E-state index in [1.54, 1.807) is 7.11 Å². The number of benzene rings is 2. The van der Waals surface area contributed by atoms with Crippen LogP contribution in [-0.2, 0) is 11.3 Å². The zero-order valence-corrected chi connectivity index (χ0v) is 13.3. The lowest BCUT2D eigenvalue weighted by atomic mass is 10.1. The highest BCUT2D eigenvalue weighted by Crippen LogP contribution is 2.14. The predicted octanol–water partition coefficient (Wildman–Crippen LogP) is 3.04. The van der Waals surface area contributed by atoms with Crippen molar-refractivity contribution in [2.24, 2.45) is 0 Å². The van der Waals surface area contributed by atoms with Gasteiger partial charge in [-0.15, -0.1) is 0 Å². The zero-order chi connectivity index (χ0) is 15.9. The van der Waals surface area contributed by atoms with Gasteiger partial charge in [-0.2, -0.15) is 0 Å². The number of amides is 1. The minimum absolute atomic E-state index is 0.0447. The molecule has 0 spiro atoms. The molecule has 116 valence electrons. The topological polar surface area (TPSA) is 50.4 Å². The van der Waals surface area contributed by atoms with Gasteiger partial charge in [0.1, 0.15) is 5.75 Å². The molecule has 0 aliphatic carbocycles. The van der Waals surface area contributed by atoms with Gasteiger partial charge in [0.05, 0.1) is 13.7 Å². The SMILES string of the molecule is COc1ccc(CNCC(=O)Nc2ccc(C)c(C)c2)cc1. The normalized spacial score (nSPS) is 10.3. The average Bonchev–Trinajstić information content (AvgIpc) is 2.51. The Morgan fingerprint density at radius 3 is 2.41 bits per heavy atom. The first-order chi connectivity index (χ1) is 10.6. The van der Waals surface area contributed by atoms with Crippen molar-refractivity contribution in [3.8, 4) is 5.75 Å². The van der Waals surface area contributed by atoms with E-state index in [-0.39, 0.29) is 12.5 Å². The number of nitrogens with one attached hydrogen (secondary N) is 2. The number of aryl methyl sites for hydroxylation is 2. The third kappa shape index (κ3) is 4.60. The zero-order valence-electron chi connectivity index (χ0n) is 13.3. The number of hydrogen-bond donors (Lipinski definition) is 2. The molecule has 0 heterocycles. The van der Waals surface area contributed by atoms with Gasteiger partial charge in [0.2, 0.25) is 5.91 Å². The van der Waals surface area contributed by atoms with Crippen LogP contribution in [0.3, 0.4) is 0 Å². The smallest absolute Gasteiger partial charge is 0.238 e. The van der Waals surface area contributed by atoms with Gasteiger partial charge in [-0.3, -0.25) is 4.79 Å². The fraction of sp³-hybridized carbons (Fsp3) is 0.278. The lowest BCUT2D eigenvalue weighted by Crippen LogP contribution is -2.27. The Kier molecular flexibility index (Phi) is 5.55. The Morgan fingerprint density at radius 1 is 1.05 bits per heavy atom. The van der Waals surface area contributed by atoms with Crippen LogP contribution in [0.4, 0.5) is 5.69 Å². The van der Waals surface area contributed by atoms with Crippen molar-refractivity contribution in [2.75, 3.05) is 19.0 Å². The quantitative estimate of drug-likeness (QED) is 0.862. The largest absolute Gasteiger partial charge is 0.497 e. The molecule has 0 fully saturated rings. The summed E-state index contributed by atoms with van der Waals surface area (Å²) < 4.78 is 5.11. The molecule has 0 radical (unpaired) electrons. The van der Waals surface area contributed by atoms with E-state index in [9.17, 15) is 4.79 Å². The number of ether oxygens (including phenoxy) is 1. The molecule has 0 saturated carbocycles. The minimum atomic E-state index is -0.0447. The Morgan fingerprint density at radius 2 is 1.77 bits per heavy atom. The summed E-state index contributed by atoms with van der Waals surface area (Å²) >= 11 is 0. The Labute approximate surface area is 131 Å². The first-order valence-corrected chi connectivity index (χ1v) is 7.29. The highest BCUT2D eigenvalue weighted by atomic mass is 16.5. The third-order valence-corrected chi connectivity index (χ3v) is 3.56. The lowest BCUT2D eigenvalue weighted by Gasteiger charge is -2.09. The van der Waals surface area contributed by atoms with E-state index in [0.717, 1.165) is 17.0 Å². The van der Waals surface area contributed by atoms with Crippen LogP contribution in [0.2, 0.25) is 0 Å². The molecule has 4 nitrogen and oxygen atoms in total. The van der Waals surface area contributed by atoms with Crippen LogP contribution in [-0.4, -0.2) is 19.6 Å². The van der Waals surface area contributed by atoms with Crippen molar-refractivity contribution in [3.05, 3.63) is 59.2 Å². The van der Waals surface area contributed by atoms with Gasteiger partial charge >= 0.3 is 0 Å². The highest BCUT2D eigenvalue weighted by Gasteiger charge is 2.03. The second-order valence-electron chi connectivity index (χ2n) is 5.30. The van der Waals surface area contributed by atoms with E-state index in [1.807, 2.05) is 49.4 Å². The van der Waals surface area contributed by atoms with Gasteiger partial charge in [-0.1, -0.05) is 18.2 Å². The van der Waals surface area contributed by atoms with Gasteiger partial charge in [0.25, 0.3) is 0 Å². The fourth-order valence-electron chi connectivity index (χ4n) is 2.09. The molecule has 2 aromatic rings. The molecule has 4 heteroatoms.